The average Bonchev–Trinajstić information content (AvgIpc) is 2.78. The molecule has 8 heteroatoms. The predicted molar refractivity (Wildman–Crippen MR) is 120 cm³/mol. The fourth-order valence-corrected chi connectivity index (χ4v) is 4.01. The third kappa shape index (κ3) is 5.62. The van der Waals surface area contributed by atoms with Gasteiger partial charge in [-0.3, -0.25) is 9.78 Å². The van der Waals surface area contributed by atoms with Gasteiger partial charge in [-0.1, -0.05) is 29.8 Å². The maximum atomic E-state index is 12.7. The molecule has 0 aliphatic heterocycles. The van der Waals surface area contributed by atoms with Gasteiger partial charge in [0.2, 0.25) is 10.0 Å². The molecule has 0 aliphatic rings. The molecule has 0 saturated heterocycles. The Kier molecular flexibility index (Phi) is 6.94. The van der Waals surface area contributed by atoms with E-state index in [1.165, 1.54) is 11.4 Å². The molecule has 3 rings (SSSR count). The summed E-state index contributed by atoms with van der Waals surface area (Å²) in [5, 5.41) is 4.12. The van der Waals surface area contributed by atoms with Crippen LogP contribution in [0, 0.1) is 6.92 Å². The SMILES string of the molecule is C/C(=N\NC(=O)c1ccc(CN(C)S(=O)(=O)c2ccc(C)cc2)cc1)c1ccncc1. The second-order valence-corrected chi connectivity index (χ2v) is 9.19. The van der Waals surface area contributed by atoms with Crippen LogP contribution in [-0.4, -0.2) is 36.4 Å². The van der Waals surface area contributed by atoms with Crippen molar-refractivity contribution in [2.75, 3.05) is 7.05 Å². The van der Waals surface area contributed by atoms with E-state index >= 15 is 0 Å². The largest absolute Gasteiger partial charge is 0.271 e. The minimum absolute atomic E-state index is 0.192. The molecule has 0 atom stereocenters. The predicted octanol–water partition coefficient (Wildman–Crippen LogP) is 3.36. The van der Waals surface area contributed by atoms with Crippen molar-refractivity contribution in [2.24, 2.45) is 5.10 Å². The van der Waals surface area contributed by atoms with Crippen molar-refractivity contribution >= 4 is 21.6 Å². The summed E-state index contributed by atoms with van der Waals surface area (Å²) in [5.41, 5.74) is 6.25. The Morgan fingerprint density at radius 2 is 1.58 bits per heavy atom. The van der Waals surface area contributed by atoms with Crippen LogP contribution in [0.2, 0.25) is 0 Å². The number of nitrogens with one attached hydrogen (secondary N) is 1. The molecule has 2 aromatic carbocycles. The number of carbonyl (C=O) groups excluding carboxylic acids is 1. The fraction of sp³-hybridized carbons (Fsp3) is 0.174. The first kappa shape index (κ1) is 22.3. The Morgan fingerprint density at radius 3 is 2.19 bits per heavy atom. The second-order valence-electron chi connectivity index (χ2n) is 7.15. The van der Waals surface area contributed by atoms with Crippen LogP contribution in [0.5, 0.6) is 0 Å². The summed E-state index contributed by atoms with van der Waals surface area (Å²) >= 11 is 0. The molecule has 1 aromatic heterocycles. The number of hydrazone groups is 1. The van der Waals surface area contributed by atoms with Crippen LogP contribution in [0.4, 0.5) is 0 Å². The Balaban J connectivity index is 1.64. The van der Waals surface area contributed by atoms with Gasteiger partial charge in [0.05, 0.1) is 10.6 Å². The van der Waals surface area contributed by atoms with E-state index in [-0.39, 0.29) is 17.3 Å². The van der Waals surface area contributed by atoms with Crippen molar-refractivity contribution < 1.29 is 13.2 Å². The third-order valence-corrected chi connectivity index (χ3v) is 6.59. The molecule has 3 aromatic rings. The third-order valence-electron chi connectivity index (χ3n) is 4.77. The van der Waals surface area contributed by atoms with Crippen molar-refractivity contribution in [2.45, 2.75) is 25.3 Å². The molecule has 1 heterocycles. The van der Waals surface area contributed by atoms with E-state index in [4.69, 9.17) is 0 Å². The summed E-state index contributed by atoms with van der Waals surface area (Å²) in [7, 11) is -2.06. The number of sulfonamides is 1. The molecule has 1 amide bonds. The number of aromatic nitrogens is 1. The van der Waals surface area contributed by atoms with Crippen molar-refractivity contribution in [3.63, 3.8) is 0 Å². The number of hydrogen-bond donors (Lipinski definition) is 1. The maximum absolute atomic E-state index is 12.7. The number of carbonyl (C=O) groups is 1. The number of benzene rings is 2. The van der Waals surface area contributed by atoms with Crippen LogP contribution in [0.25, 0.3) is 0 Å². The van der Waals surface area contributed by atoms with Crippen molar-refractivity contribution in [3.05, 3.63) is 95.3 Å². The Hall–Kier alpha value is -3.36. The summed E-state index contributed by atoms with van der Waals surface area (Å²) in [4.78, 5) is 16.5. The summed E-state index contributed by atoms with van der Waals surface area (Å²) in [6.45, 7) is 3.89. The van der Waals surface area contributed by atoms with Crippen molar-refractivity contribution in [1.82, 2.24) is 14.7 Å². The van der Waals surface area contributed by atoms with Gasteiger partial charge in [-0.2, -0.15) is 9.41 Å². The lowest BCUT2D eigenvalue weighted by molar-refractivity contribution is 0.0955. The lowest BCUT2D eigenvalue weighted by atomic mass is 10.1. The van der Waals surface area contributed by atoms with Crippen LogP contribution < -0.4 is 5.43 Å². The standard InChI is InChI=1S/C23H24N4O3S/c1-17-4-10-22(11-5-17)31(29,30)27(3)16-19-6-8-21(9-7-19)23(28)26-25-18(2)20-12-14-24-15-13-20/h4-15H,16H2,1-3H3,(H,26,28)/b25-18+. The van der Waals surface area contributed by atoms with Gasteiger partial charge in [0.1, 0.15) is 0 Å². The van der Waals surface area contributed by atoms with Gasteiger partial charge in [-0.05, 0) is 55.8 Å². The Labute approximate surface area is 182 Å². The molecule has 31 heavy (non-hydrogen) atoms. The number of hydrogen-bond acceptors (Lipinski definition) is 5. The summed E-state index contributed by atoms with van der Waals surface area (Å²) in [6, 6.07) is 17.1. The average molecular weight is 437 g/mol. The lowest BCUT2D eigenvalue weighted by Crippen LogP contribution is -2.26. The van der Waals surface area contributed by atoms with E-state index in [1.54, 1.807) is 80.0 Å². The molecular weight excluding hydrogens is 412 g/mol. The normalized spacial score (nSPS) is 12.1. The summed E-state index contributed by atoms with van der Waals surface area (Å²) in [5.74, 6) is -0.347. The number of nitrogens with zero attached hydrogens (tertiary/aromatic N) is 3. The number of pyridine rings is 1. The quantitative estimate of drug-likeness (QED) is 0.454. The monoisotopic (exact) mass is 436 g/mol. The highest BCUT2D eigenvalue weighted by Crippen LogP contribution is 2.17. The van der Waals surface area contributed by atoms with Crippen LogP contribution in [0.1, 0.15) is 34.0 Å². The minimum Gasteiger partial charge on any atom is -0.267 e. The first-order chi connectivity index (χ1) is 14.8. The number of aryl methyl sites for hydroxylation is 1. The van der Waals surface area contributed by atoms with Crippen molar-refractivity contribution in [1.29, 1.82) is 0 Å². The molecule has 0 radical (unpaired) electrons. The molecule has 1 N–H and O–H groups in total. The molecule has 0 fully saturated rings. The molecule has 0 bridgehead atoms. The maximum Gasteiger partial charge on any atom is 0.271 e. The highest BCUT2D eigenvalue weighted by molar-refractivity contribution is 7.89. The lowest BCUT2D eigenvalue weighted by Gasteiger charge is -2.17. The van der Waals surface area contributed by atoms with E-state index < -0.39 is 10.0 Å². The molecule has 160 valence electrons. The first-order valence-electron chi connectivity index (χ1n) is 9.64. The van der Waals surface area contributed by atoms with Crippen LogP contribution in [0.3, 0.4) is 0 Å². The molecule has 0 aliphatic carbocycles. The van der Waals surface area contributed by atoms with Gasteiger partial charge in [-0.15, -0.1) is 0 Å². The van der Waals surface area contributed by atoms with Gasteiger partial charge in [0, 0.05) is 37.1 Å². The van der Waals surface area contributed by atoms with Crippen molar-refractivity contribution in [3.8, 4) is 0 Å². The van der Waals surface area contributed by atoms with Gasteiger partial charge < -0.3 is 0 Å². The molecule has 7 nitrogen and oxygen atoms in total. The highest BCUT2D eigenvalue weighted by Gasteiger charge is 2.20. The minimum atomic E-state index is -3.59. The van der Waals surface area contributed by atoms with Gasteiger partial charge in [0.25, 0.3) is 5.91 Å². The zero-order valence-electron chi connectivity index (χ0n) is 17.6. The summed E-state index contributed by atoms with van der Waals surface area (Å²) in [6.07, 6.45) is 3.32. The van der Waals surface area contributed by atoms with E-state index in [2.05, 4.69) is 15.5 Å². The zero-order chi connectivity index (χ0) is 22.4. The van der Waals surface area contributed by atoms with Gasteiger partial charge >= 0.3 is 0 Å². The first-order valence-corrected chi connectivity index (χ1v) is 11.1. The van der Waals surface area contributed by atoms with Gasteiger partial charge in [0.15, 0.2) is 0 Å². The summed E-state index contributed by atoms with van der Waals surface area (Å²) < 4.78 is 26.8. The zero-order valence-corrected chi connectivity index (χ0v) is 18.4. The van der Waals surface area contributed by atoms with Gasteiger partial charge in [-0.25, -0.2) is 13.8 Å². The molecule has 0 spiro atoms. The smallest absolute Gasteiger partial charge is 0.267 e. The Bertz CT molecular complexity index is 1170. The molecule has 0 unspecified atom stereocenters. The van der Waals surface area contributed by atoms with E-state index in [1.807, 2.05) is 6.92 Å². The van der Waals surface area contributed by atoms with E-state index in [0.29, 0.717) is 11.3 Å². The van der Waals surface area contributed by atoms with Crippen LogP contribution >= 0.6 is 0 Å². The van der Waals surface area contributed by atoms with E-state index in [9.17, 15) is 13.2 Å². The van der Waals surface area contributed by atoms with Crippen LogP contribution in [0.15, 0.2) is 83.1 Å². The molecule has 0 saturated carbocycles. The topological polar surface area (TPSA) is 91.7 Å². The number of rotatable bonds is 7. The second kappa shape index (κ2) is 9.63. The van der Waals surface area contributed by atoms with Crippen LogP contribution in [-0.2, 0) is 16.6 Å². The molecular formula is C23H24N4O3S. The fourth-order valence-electron chi connectivity index (χ4n) is 2.85. The van der Waals surface area contributed by atoms with E-state index in [0.717, 1.165) is 16.7 Å². The number of amides is 1. The highest BCUT2D eigenvalue weighted by atomic mass is 32.2. The Morgan fingerprint density at radius 1 is 0.968 bits per heavy atom.